The fourth-order valence-electron chi connectivity index (χ4n) is 2.43. The first-order valence-corrected chi connectivity index (χ1v) is 4.36. The second-order valence-corrected chi connectivity index (χ2v) is 3.79. The average molecular weight is 191 g/mol. The summed E-state index contributed by atoms with van der Waals surface area (Å²) < 4.78 is 26.2. The van der Waals surface area contributed by atoms with Crippen LogP contribution in [0.5, 0.6) is 0 Å². The van der Waals surface area contributed by atoms with E-state index in [1.54, 1.807) is 0 Å². The molecule has 1 heterocycles. The maximum Gasteiger partial charge on any atom is 0.320 e. The number of carbonyl (C=O) groups is 1. The highest BCUT2D eigenvalue weighted by molar-refractivity contribution is 5.74. The summed E-state index contributed by atoms with van der Waals surface area (Å²) in [6, 6.07) is -0.765. The first kappa shape index (κ1) is 8.87. The van der Waals surface area contributed by atoms with Crippen molar-refractivity contribution < 1.29 is 18.7 Å². The number of alkyl halides is 2. The summed E-state index contributed by atoms with van der Waals surface area (Å²) in [5, 5.41) is 11.4. The van der Waals surface area contributed by atoms with Crippen molar-refractivity contribution in [3.05, 3.63) is 0 Å². The van der Waals surface area contributed by atoms with Crippen molar-refractivity contribution in [3.8, 4) is 0 Å². The van der Waals surface area contributed by atoms with E-state index >= 15 is 0 Å². The van der Waals surface area contributed by atoms with Crippen molar-refractivity contribution in [2.75, 3.05) is 6.54 Å². The predicted octanol–water partition coefficient (Wildman–Crippen LogP) is 0.704. The topological polar surface area (TPSA) is 49.3 Å². The number of rotatable bonds is 1. The van der Waals surface area contributed by atoms with Gasteiger partial charge >= 0.3 is 5.97 Å². The van der Waals surface area contributed by atoms with Gasteiger partial charge in [-0.25, -0.2) is 8.78 Å². The van der Waals surface area contributed by atoms with E-state index in [1.807, 2.05) is 0 Å². The van der Waals surface area contributed by atoms with Crippen LogP contribution in [0.1, 0.15) is 12.8 Å². The van der Waals surface area contributed by atoms with Crippen molar-refractivity contribution in [3.63, 3.8) is 0 Å². The zero-order valence-corrected chi connectivity index (χ0v) is 6.96. The molecule has 2 aliphatic rings. The Morgan fingerprint density at radius 3 is 2.85 bits per heavy atom. The Labute approximate surface area is 74.1 Å². The highest BCUT2D eigenvalue weighted by Crippen LogP contribution is 2.47. The summed E-state index contributed by atoms with van der Waals surface area (Å²) in [6.45, 7) is 0.134. The minimum Gasteiger partial charge on any atom is -0.480 e. The van der Waals surface area contributed by atoms with Gasteiger partial charge in [-0.3, -0.25) is 4.79 Å². The van der Waals surface area contributed by atoms with Crippen LogP contribution in [-0.2, 0) is 4.79 Å². The van der Waals surface area contributed by atoms with Crippen molar-refractivity contribution in [2.24, 2.45) is 11.8 Å². The third-order valence-corrected chi connectivity index (χ3v) is 3.12. The van der Waals surface area contributed by atoms with E-state index in [4.69, 9.17) is 5.11 Å². The van der Waals surface area contributed by atoms with Crippen LogP contribution in [0.3, 0.4) is 0 Å². The number of hydrogen-bond acceptors (Lipinski definition) is 2. The molecule has 0 aromatic carbocycles. The van der Waals surface area contributed by atoms with Gasteiger partial charge in [-0.05, 0) is 12.3 Å². The molecule has 1 aliphatic carbocycles. The van der Waals surface area contributed by atoms with Gasteiger partial charge in [-0.1, -0.05) is 0 Å². The fraction of sp³-hybridized carbons (Fsp3) is 0.875. The molecule has 0 aromatic rings. The first-order valence-electron chi connectivity index (χ1n) is 4.36. The van der Waals surface area contributed by atoms with Crippen LogP contribution in [0.15, 0.2) is 0 Å². The molecule has 0 bridgehead atoms. The Balaban J connectivity index is 2.16. The predicted molar refractivity (Wildman–Crippen MR) is 40.6 cm³/mol. The summed E-state index contributed by atoms with van der Waals surface area (Å²) in [5.74, 6) is -4.83. The van der Waals surface area contributed by atoms with Gasteiger partial charge in [0.05, 0.1) is 0 Å². The molecule has 5 heteroatoms. The van der Waals surface area contributed by atoms with E-state index in [1.165, 1.54) is 0 Å². The molecule has 3 atom stereocenters. The number of carboxylic acid groups (broad SMARTS) is 1. The van der Waals surface area contributed by atoms with Gasteiger partial charge in [0, 0.05) is 18.9 Å². The second kappa shape index (κ2) is 2.64. The maximum atomic E-state index is 13.1. The molecule has 2 rings (SSSR count). The molecule has 1 saturated carbocycles. The number of hydrogen-bond donors (Lipinski definition) is 2. The van der Waals surface area contributed by atoms with E-state index in [0.717, 1.165) is 0 Å². The van der Waals surface area contributed by atoms with E-state index < -0.39 is 23.9 Å². The van der Waals surface area contributed by atoms with Crippen LogP contribution < -0.4 is 5.32 Å². The molecule has 3 nitrogen and oxygen atoms in total. The highest BCUT2D eigenvalue weighted by Gasteiger charge is 2.56. The maximum absolute atomic E-state index is 13.1. The average Bonchev–Trinajstić information content (AvgIpc) is 2.52. The van der Waals surface area contributed by atoms with Crippen LogP contribution in [0.2, 0.25) is 0 Å². The molecular weight excluding hydrogens is 180 g/mol. The van der Waals surface area contributed by atoms with Gasteiger partial charge in [-0.15, -0.1) is 0 Å². The van der Waals surface area contributed by atoms with Gasteiger partial charge in [0.1, 0.15) is 6.04 Å². The van der Waals surface area contributed by atoms with Gasteiger partial charge < -0.3 is 10.4 Å². The van der Waals surface area contributed by atoms with Crippen LogP contribution in [0, 0.1) is 11.8 Å². The summed E-state index contributed by atoms with van der Waals surface area (Å²) in [7, 11) is 0. The van der Waals surface area contributed by atoms with Crippen molar-refractivity contribution in [1.82, 2.24) is 5.32 Å². The zero-order chi connectivity index (χ0) is 9.64. The van der Waals surface area contributed by atoms with E-state index in [-0.39, 0.29) is 18.9 Å². The number of aliphatic carboxylic acids is 1. The van der Waals surface area contributed by atoms with Crippen LogP contribution in [-0.4, -0.2) is 29.6 Å². The molecule has 74 valence electrons. The van der Waals surface area contributed by atoms with Crippen molar-refractivity contribution >= 4 is 5.97 Å². The lowest BCUT2D eigenvalue weighted by Gasteiger charge is -2.16. The smallest absolute Gasteiger partial charge is 0.320 e. The SMILES string of the molecule is O=C(O)[C@H]1NC[C@H]2[C@@H]1CCC2(F)F. The monoisotopic (exact) mass is 191 g/mol. The van der Waals surface area contributed by atoms with Gasteiger partial charge in [0.15, 0.2) is 0 Å². The Morgan fingerprint density at radius 2 is 2.23 bits per heavy atom. The minimum atomic E-state index is -2.66. The molecular formula is C8H11F2NO2. The molecule has 1 aliphatic heterocycles. The number of fused-ring (bicyclic) bond motifs is 1. The normalized spacial score (nSPS) is 41.8. The largest absolute Gasteiger partial charge is 0.480 e. The molecule has 0 unspecified atom stereocenters. The lowest BCUT2D eigenvalue weighted by molar-refractivity contribution is -0.140. The van der Waals surface area contributed by atoms with Crippen LogP contribution >= 0.6 is 0 Å². The summed E-state index contributed by atoms with van der Waals surface area (Å²) in [5.41, 5.74) is 0. The molecule has 2 fully saturated rings. The van der Waals surface area contributed by atoms with E-state index in [0.29, 0.717) is 6.42 Å². The lowest BCUT2D eigenvalue weighted by Crippen LogP contribution is -2.35. The third kappa shape index (κ3) is 1.22. The Morgan fingerprint density at radius 1 is 1.54 bits per heavy atom. The molecule has 0 spiro atoms. The fourth-order valence-corrected chi connectivity index (χ4v) is 2.43. The van der Waals surface area contributed by atoms with Crippen molar-refractivity contribution in [2.45, 2.75) is 24.8 Å². The molecule has 2 N–H and O–H groups in total. The third-order valence-electron chi connectivity index (χ3n) is 3.12. The number of halogens is 2. The van der Waals surface area contributed by atoms with Crippen LogP contribution in [0.4, 0.5) is 8.78 Å². The van der Waals surface area contributed by atoms with E-state index in [2.05, 4.69) is 5.32 Å². The zero-order valence-electron chi connectivity index (χ0n) is 6.96. The molecule has 13 heavy (non-hydrogen) atoms. The summed E-state index contributed by atoms with van der Waals surface area (Å²) in [4.78, 5) is 10.6. The van der Waals surface area contributed by atoms with E-state index in [9.17, 15) is 13.6 Å². The quantitative estimate of drug-likeness (QED) is 0.641. The lowest BCUT2D eigenvalue weighted by atomic mass is 9.93. The van der Waals surface area contributed by atoms with Crippen LogP contribution in [0.25, 0.3) is 0 Å². The van der Waals surface area contributed by atoms with Gasteiger partial charge in [-0.2, -0.15) is 0 Å². The number of carboxylic acids is 1. The standard InChI is InChI=1S/C8H11F2NO2/c9-8(10)2-1-4-5(8)3-11-6(4)7(12)13/h4-6,11H,1-3H2,(H,12,13)/t4-,5-,6-/m0/s1. The Bertz CT molecular complexity index is 244. The summed E-state index contributed by atoms with van der Waals surface area (Å²) in [6.07, 6.45) is 0.162. The van der Waals surface area contributed by atoms with Crippen molar-refractivity contribution in [1.29, 1.82) is 0 Å². The number of nitrogens with one attached hydrogen (secondary N) is 1. The first-order chi connectivity index (χ1) is 6.02. The van der Waals surface area contributed by atoms with Gasteiger partial charge in [0.25, 0.3) is 5.92 Å². The Kier molecular flexibility index (Phi) is 1.80. The Hall–Kier alpha value is -0.710. The molecule has 0 aromatic heterocycles. The molecule has 0 radical (unpaired) electrons. The molecule has 0 amide bonds. The summed E-state index contributed by atoms with van der Waals surface area (Å²) >= 11 is 0. The minimum absolute atomic E-state index is 0.134. The second-order valence-electron chi connectivity index (χ2n) is 3.79. The van der Waals surface area contributed by atoms with Gasteiger partial charge in [0.2, 0.25) is 0 Å². The molecule has 1 saturated heterocycles. The highest BCUT2D eigenvalue weighted by atomic mass is 19.3.